The summed E-state index contributed by atoms with van der Waals surface area (Å²) in [7, 11) is 3.98. The van der Waals surface area contributed by atoms with Gasteiger partial charge in [0.05, 0.1) is 17.6 Å². The minimum Gasteiger partial charge on any atom is -0.309 e. The number of nitrogens with one attached hydrogen (secondary N) is 1. The van der Waals surface area contributed by atoms with E-state index in [0.29, 0.717) is 6.04 Å². The first-order valence-electron chi connectivity index (χ1n) is 7.31. The van der Waals surface area contributed by atoms with E-state index in [2.05, 4.69) is 34.7 Å². The van der Waals surface area contributed by atoms with E-state index in [1.165, 1.54) is 11.3 Å². The van der Waals surface area contributed by atoms with Crippen LogP contribution in [0, 0.1) is 6.92 Å². The third-order valence-electron chi connectivity index (χ3n) is 3.52. The molecule has 0 aliphatic rings. The Morgan fingerprint density at radius 2 is 2.15 bits per heavy atom. The predicted molar refractivity (Wildman–Crippen MR) is 80.5 cm³/mol. The summed E-state index contributed by atoms with van der Waals surface area (Å²) in [6.45, 7) is 5.27. The number of aromatic nitrogens is 4. The molecule has 0 radical (unpaired) electrons. The summed E-state index contributed by atoms with van der Waals surface area (Å²) in [6.07, 6.45) is 7.26. The van der Waals surface area contributed by atoms with Gasteiger partial charge in [0, 0.05) is 26.3 Å². The van der Waals surface area contributed by atoms with Gasteiger partial charge in [0.1, 0.15) is 0 Å². The topological polar surface area (TPSA) is 47.7 Å². The molecular weight excluding hydrogens is 250 g/mol. The van der Waals surface area contributed by atoms with Crippen molar-refractivity contribution in [1.29, 1.82) is 0 Å². The van der Waals surface area contributed by atoms with Gasteiger partial charge in [0.15, 0.2) is 0 Å². The van der Waals surface area contributed by atoms with E-state index in [4.69, 9.17) is 0 Å². The lowest BCUT2D eigenvalue weighted by molar-refractivity contribution is 0.468. The van der Waals surface area contributed by atoms with Crippen molar-refractivity contribution in [3.63, 3.8) is 0 Å². The zero-order chi connectivity index (χ0) is 14.5. The van der Waals surface area contributed by atoms with Gasteiger partial charge in [-0.25, -0.2) is 0 Å². The van der Waals surface area contributed by atoms with Crippen LogP contribution >= 0.6 is 0 Å². The highest BCUT2D eigenvalue weighted by Gasteiger charge is 2.15. The normalized spacial score (nSPS) is 12.8. The molecule has 5 nitrogen and oxygen atoms in total. The maximum Gasteiger partial charge on any atom is 0.0597 e. The summed E-state index contributed by atoms with van der Waals surface area (Å²) in [4.78, 5) is 0. The van der Waals surface area contributed by atoms with Crippen LogP contribution in [0.3, 0.4) is 0 Å². The lowest BCUT2D eigenvalue weighted by Crippen LogP contribution is -2.24. The van der Waals surface area contributed by atoms with E-state index in [1.54, 1.807) is 0 Å². The molecule has 110 valence electrons. The van der Waals surface area contributed by atoms with Crippen molar-refractivity contribution in [2.45, 2.75) is 39.2 Å². The number of rotatable bonds is 7. The molecule has 0 saturated heterocycles. The molecule has 0 spiro atoms. The quantitative estimate of drug-likeness (QED) is 0.842. The maximum atomic E-state index is 4.46. The molecule has 1 atom stereocenters. The van der Waals surface area contributed by atoms with Gasteiger partial charge in [-0.15, -0.1) is 0 Å². The average Bonchev–Trinajstić information content (AvgIpc) is 2.96. The predicted octanol–water partition coefficient (Wildman–Crippen LogP) is 2.14. The van der Waals surface area contributed by atoms with Gasteiger partial charge in [0.25, 0.3) is 0 Å². The molecule has 2 aromatic heterocycles. The lowest BCUT2D eigenvalue weighted by Gasteiger charge is -2.18. The van der Waals surface area contributed by atoms with Crippen molar-refractivity contribution in [2.75, 3.05) is 6.54 Å². The Bertz CT molecular complexity index is 540. The zero-order valence-electron chi connectivity index (χ0n) is 12.9. The van der Waals surface area contributed by atoms with E-state index < -0.39 is 0 Å². The van der Waals surface area contributed by atoms with Crippen molar-refractivity contribution in [2.24, 2.45) is 14.1 Å². The fourth-order valence-electron chi connectivity index (χ4n) is 2.54. The van der Waals surface area contributed by atoms with Crippen LogP contribution < -0.4 is 5.32 Å². The van der Waals surface area contributed by atoms with Gasteiger partial charge in [-0.3, -0.25) is 9.36 Å². The SMILES string of the molecule is CCCNC(CCc1cnn(C)c1)c1cc(C)nn1C. The minimum atomic E-state index is 0.348. The molecule has 1 unspecified atom stereocenters. The van der Waals surface area contributed by atoms with E-state index in [1.807, 2.05) is 36.6 Å². The van der Waals surface area contributed by atoms with Crippen molar-refractivity contribution >= 4 is 0 Å². The van der Waals surface area contributed by atoms with Crippen LogP contribution in [0.1, 0.15) is 42.8 Å². The zero-order valence-corrected chi connectivity index (χ0v) is 12.9. The molecule has 2 heterocycles. The maximum absolute atomic E-state index is 4.46. The number of nitrogens with zero attached hydrogens (tertiary/aromatic N) is 4. The summed E-state index contributed by atoms with van der Waals surface area (Å²) in [5.74, 6) is 0. The Labute approximate surface area is 121 Å². The van der Waals surface area contributed by atoms with Crippen LogP contribution in [0.15, 0.2) is 18.5 Å². The largest absolute Gasteiger partial charge is 0.309 e. The van der Waals surface area contributed by atoms with Crippen LogP contribution in [0.2, 0.25) is 0 Å². The Hall–Kier alpha value is -1.62. The third-order valence-corrected chi connectivity index (χ3v) is 3.52. The van der Waals surface area contributed by atoms with Crippen molar-refractivity contribution in [3.8, 4) is 0 Å². The summed E-state index contributed by atoms with van der Waals surface area (Å²) >= 11 is 0. The number of hydrogen-bond donors (Lipinski definition) is 1. The molecule has 2 aromatic rings. The first-order chi connectivity index (χ1) is 9.60. The summed E-state index contributed by atoms with van der Waals surface area (Å²) in [6, 6.07) is 2.53. The number of hydrogen-bond acceptors (Lipinski definition) is 3. The second-order valence-corrected chi connectivity index (χ2v) is 5.40. The standard InChI is InChI=1S/C15H25N5/c1-5-8-16-14(15-9-12(2)18-20(15)4)7-6-13-10-17-19(3)11-13/h9-11,14,16H,5-8H2,1-4H3. The third kappa shape index (κ3) is 3.70. The van der Waals surface area contributed by atoms with Gasteiger partial charge in [-0.05, 0) is 44.4 Å². The molecule has 0 aliphatic heterocycles. The van der Waals surface area contributed by atoms with Crippen LogP contribution in [0.25, 0.3) is 0 Å². The van der Waals surface area contributed by atoms with E-state index in [9.17, 15) is 0 Å². The molecule has 0 fully saturated rings. The smallest absolute Gasteiger partial charge is 0.0597 e. The summed E-state index contributed by atoms with van der Waals surface area (Å²) in [5, 5.41) is 12.3. The van der Waals surface area contributed by atoms with Crippen molar-refractivity contribution in [3.05, 3.63) is 35.4 Å². The second-order valence-electron chi connectivity index (χ2n) is 5.40. The fourth-order valence-corrected chi connectivity index (χ4v) is 2.54. The molecule has 2 rings (SSSR count). The Morgan fingerprint density at radius 3 is 2.70 bits per heavy atom. The first kappa shape index (κ1) is 14.8. The van der Waals surface area contributed by atoms with Crippen LogP contribution in [0.4, 0.5) is 0 Å². The molecule has 0 saturated carbocycles. The van der Waals surface area contributed by atoms with Crippen LogP contribution in [-0.4, -0.2) is 26.1 Å². The highest BCUT2D eigenvalue weighted by Crippen LogP contribution is 2.19. The monoisotopic (exact) mass is 275 g/mol. The summed E-state index contributed by atoms with van der Waals surface area (Å²) in [5.41, 5.74) is 3.63. The van der Waals surface area contributed by atoms with E-state index in [-0.39, 0.29) is 0 Å². The highest BCUT2D eigenvalue weighted by molar-refractivity contribution is 5.14. The molecule has 1 N–H and O–H groups in total. The average molecular weight is 275 g/mol. The molecule has 0 amide bonds. The van der Waals surface area contributed by atoms with Crippen LogP contribution in [-0.2, 0) is 20.5 Å². The second kappa shape index (κ2) is 6.70. The fraction of sp³-hybridized carbons (Fsp3) is 0.600. The van der Waals surface area contributed by atoms with E-state index in [0.717, 1.165) is 31.5 Å². The molecule has 20 heavy (non-hydrogen) atoms. The van der Waals surface area contributed by atoms with Gasteiger partial charge in [-0.2, -0.15) is 10.2 Å². The van der Waals surface area contributed by atoms with E-state index >= 15 is 0 Å². The Morgan fingerprint density at radius 1 is 1.35 bits per heavy atom. The van der Waals surface area contributed by atoms with Gasteiger partial charge in [0.2, 0.25) is 0 Å². The molecule has 0 aromatic carbocycles. The Kier molecular flexibility index (Phi) is 4.95. The number of aryl methyl sites for hydroxylation is 4. The molecule has 0 aliphatic carbocycles. The first-order valence-corrected chi connectivity index (χ1v) is 7.31. The Balaban J connectivity index is 2.05. The van der Waals surface area contributed by atoms with Gasteiger partial charge >= 0.3 is 0 Å². The van der Waals surface area contributed by atoms with Crippen molar-refractivity contribution < 1.29 is 0 Å². The van der Waals surface area contributed by atoms with Gasteiger partial charge < -0.3 is 5.32 Å². The highest BCUT2D eigenvalue weighted by atomic mass is 15.3. The lowest BCUT2D eigenvalue weighted by atomic mass is 10.0. The van der Waals surface area contributed by atoms with Crippen molar-refractivity contribution in [1.82, 2.24) is 24.9 Å². The molecule has 0 bridgehead atoms. The van der Waals surface area contributed by atoms with Gasteiger partial charge in [-0.1, -0.05) is 6.92 Å². The minimum absolute atomic E-state index is 0.348. The van der Waals surface area contributed by atoms with Crippen LogP contribution in [0.5, 0.6) is 0 Å². The molecule has 5 heteroatoms. The molecular formula is C15H25N5. The summed E-state index contributed by atoms with van der Waals surface area (Å²) < 4.78 is 3.85.